The van der Waals surface area contributed by atoms with Crippen molar-refractivity contribution in [3.8, 4) is 0 Å². The first kappa shape index (κ1) is 28.4. The zero-order chi connectivity index (χ0) is 27.5. The molecular formula is C26H33N5O7. The Morgan fingerprint density at radius 3 is 2.42 bits per heavy atom. The van der Waals surface area contributed by atoms with E-state index >= 15 is 0 Å². The second kappa shape index (κ2) is 13.9. The van der Waals surface area contributed by atoms with Crippen LogP contribution < -0.4 is 16.4 Å². The maximum absolute atomic E-state index is 12.9. The summed E-state index contributed by atoms with van der Waals surface area (Å²) in [5, 5.41) is 5.46. The molecular weight excluding hydrogens is 494 g/mol. The predicted octanol–water partition coefficient (Wildman–Crippen LogP) is 3.67. The zero-order valence-electron chi connectivity index (χ0n) is 21.6. The Morgan fingerprint density at radius 2 is 1.71 bits per heavy atom. The van der Waals surface area contributed by atoms with E-state index in [4.69, 9.17) is 19.3 Å². The Labute approximate surface area is 220 Å². The number of aromatic nitrogens is 2. The van der Waals surface area contributed by atoms with E-state index in [0.29, 0.717) is 25.2 Å². The van der Waals surface area contributed by atoms with E-state index in [-0.39, 0.29) is 36.3 Å². The molecule has 12 nitrogen and oxygen atoms in total. The molecule has 4 N–H and O–H groups in total. The Hall–Kier alpha value is -4.19. The number of oxazole rings is 2. The topological polar surface area (TPSA) is 172 Å². The monoisotopic (exact) mass is 527 g/mol. The average Bonchev–Trinajstić information content (AvgIpc) is 3.60. The number of benzene rings is 1. The highest BCUT2D eigenvalue weighted by Gasteiger charge is 2.25. The van der Waals surface area contributed by atoms with Gasteiger partial charge in [0.2, 0.25) is 11.8 Å². The van der Waals surface area contributed by atoms with Gasteiger partial charge in [-0.3, -0.25) is 4.79 Å². The van der Waals surface area contributed by atoms with Crippen LogP contribution in [-0.4, -0.2) is 41.6 Å². The Bertz CT molecular complexity index is 1190. The zero-order valence-corrected chi connectivity index (χ0v) is 21.6. The van der Waals surface area contributed by atoms with Crippen molar-refractivity contribution in [1.82, 2.24) is 20.6 Å². The number of hydrogen-bond acceptors (Lipinski definition) is 10. The van der Waals surface area contributed by atoms with Gasteiger partial charge in [-0.25, -0.2) is 19.6 Å². The van der Waals surface area contributed by atoms with Crippen LogP contribution in [0.4, 0.5) is 4.79 Å². The second-order valence-corrected chi connectivity index (χ2v) is 9.03. The summed E-state index contributed by atoms with van der Waals surface area (Å²) < 4.78 is 20.7. The van der Waals surface area contributed by atoms with Crippen LogP contribution in [0.25, 0.3) is 0 Å². The lowest BCUT2D eigenvalue weighted by Gasteiger charge is -2.15. The third-order valence-electron chi connectivity index (χ3n) is 5.47. The largest absolute Gasteiger partial charge is 0.464 e. The molecule has 3 aromatic rings. The second-order valence-electron chi connectivity index (χ2n) is 9.03. The summed E-state index contributed by atoms with van der Waals surface area (Å²) >= 11 is 0. The molecule has 204 valence electrons. The fourth-order valence-electron chi connectivity index (χ4n) is 3.58. The van der Waals surface area contributed by atoms with Crippen molar-refractivity contribution in [3.05, 3.63) is 71.6 Å². The number of nitrogens with two attached hydrogens (primary N) is 1. The normalized spacial score (nSPS) is 12.6. The fourth-order valence-corrected chi connectivity index (χ4v) is 3.58. The molecule has 0 fully saturated rings. The number of hydrogen-bond donors (Lipinski definition) is 3. The van der Waals surface area contributed by atoms with Crippen LogP contribution in [0, 0.1) is 5.92 Å². The van der Waals surface area contributed by atoms with E-state index < -0.39 is 30.1 Å². The molecule has 0 bridgehead atoms. The summed E-state index contributed by atoms with van der Waals surface area (Å²) in [7, 11) is 1.23. The summed E-state index contributed by atoms with van der Waals surface area (Å²) in [5.41, 5.74) is 6.99. The standard InChI is InChI=1S/C26H33N5O7/c1-16(2)12-18(27)23-30-20(14-36-23)22(32)29-19(24-31-21(15-37-24)25(33)35-3)10-7-11-28-26(34)38-13-17-8-5-4-6-9-17/h4-6,8-9,14-16,18-19H,7,10-13,27H2,1-3H3,(H,28,34)(H,29,32)/t18-,19-/m0/s1. The summed E-state index contributed by atoms with van der Waals surface area (Å²) in [6, 6.07) is 8.15. The highest BCUT2D eigenvalue weighted by Crippen LogP contribution is 2.21. The number of ether oxygens (including phenoxy) is 2. The van der Waals surface area contributed by atoms with Gasteiger partial charge in [0.15, 0.2) is 11.4 Å². The van der Waals surface area contributed by atoms with Crippen molar-refractivity contribution in [2.24, 2.45) is 11.7 Å². The van der Waals surface area contributed by atoms with E-state index in [1.807, 2.05) is 44.2 Å². The molecule has 0 aliphatic carbocycles. The lowest BCUT2D eigenvalue weighted by Crippen LogP contribution is -2.31. The van der Waals surface area contributed by atoms with E-state index in [0.717, 1.165) is 11.8 Å². The smallest absolute Gasteiger partial charge is 0.407 e. The quantitative estimate of drug-likeness (QED) is 0.220. The number of carbonyl (C=O) groups is 3. The van der Waals surface area contributed by atoms with Crippen molar-refractivity contribution in [2.75, 3.05) is 13.7 Å². The van der Waals surface area contributed by atoms with Gasteiger partial charge < -0.3 is 34.7 Å². The highest BCUT2D eigenvalue weighted by atomic mass is 16.5. The number of nitrogens with one attached hydrogen (secondary N) is 2. The minimum absolute atomic E-state index is 0.0345. The lowest BCUT2D eigenvalue weighted by atomic mass is 10.0. The number of amides is 2. The van der Waals surface area contributed by atoms with Crippen molar-refractivity contribution in [1.29, 1.82) is 0 Å². The Balaban J connectivity index is 1.59. The van der Waals surface area contributed by atoms with Crippen molar-refractivity contribution in [2.45, 2.75) is 51.8 Å². The molecule has 0 unspecified atom stereocenters. The number of nitrogens with zero attached hydrogens (tertiary/aromatic N) is 2. The summed E-state index contributed by atoms with van der Waals surface area (Å²) in [6.07, 6.45) is 3.23. The first-order valence-corrected chi connectivity index (χ1v) is 12.3. The van der Waals surface area contributed by atoms with Gasteiger partial charge in [0.05, 0.1) is 13.2 Å². The van der Waals surface area contributed by atoms with Gasteiger partial charge in [-0.1, -0.05) is 44.2 Å². The summed E-state index contributed by atoms with van der Waals surface area (Å²) in [6.45, 7) is 4.47. The van der Waals surface area contributed by atoms with Gasteiger partial charge in [0.1, 0.15) is 25.2 Å². The molecule has 0 saturated heterocycles. The molecule has 2 atom stereocenters. The van der Waals surface area contributed by atoms with E-state index in [1.165, 1.54) is 13.4 Å². The van der Waals surface area contributed by atoms with E-state index in [1.54, 1.807) is 0 Å². The molecule has 1 aromatic carbocycles. The first-order chi connectivity index (χ1) is 18.3. The van der Waals surface area contributed by atoms with Gasteiger partial charge in [-0.2, -0.15) is 0 Å². The van der Waals surface area contributed by atoms with Gasteiger partial charge in [0, 0.05) is 6.54 Å². The molecule has 0 radical (unpaired) electrons. The highest BCUT2D eigenvalue weighted by molar-refractivity contribution is 5.92. The number of rotatable bonds is 13. The molecule has 38 heavy (non-hydrogen) atoms. The van der Waals surface area contributed by atoms with E-state index in [9.17, 15) is 14.4 Å². The van der Waals surface area contributed by atoms with Gasteiger partial charge in [0.25, 0.3) is 5.91 Å². The van der Waals surface area contributed by atoms with Crippen LogP contribution in [0.5, 0.6) is 0 Å². The van der Waals surface area contributed by atoms with Gasteiger partial charge >= 0.3 is 12.1 Å². The molecule has 0 aliphatic heterocycles. The van der Waals surface area contributed by atoms with Crippen LogP contribution in [-0.2, 0) is 16.1 Å². The Morgan fingerprint density at radius 1 is 1.03 bits per heavy atom. The molecule has 2 aromatic heterocycles. The van der Waals surface area contributed by atoms with Gasteiger partial charge in [-0.15, -0.1) is 0 Å². The number of alkyl carbamates (subject to hydrolysis) is 1. The van der Waals surface area contributed by atoms with Crippen molar-refractivity contribution < 1.29 is 32.7 Å². The minimum Gasteiger partial charge on any atom is -0.464 e. The number of methoxy groups -OCH3 is 1. The number of carbonyl (C=O) groups excluding carboxylic acids is 3. The third-order valence-corrected chi connectivity index (χ3v) is 5.47. The minimum atomic E-state index is -0.729. The van der Waals surface area contributed by atoms with E-state index in [2.05, 4.69) is 25.3 Å². The lowest BCUT2D eigenvalue weighted by molar-refractivity contribution is 0.0593. The fraction of sp³-hybridized carbons (Fsp3) is 0.423. The van der Waals surface area contributed by atoms with Crippen molar-refractivity contribution in [3.63, 3.8) is 0 Å². The van der Waals surface area contributed by atoms with Crippen LogP contribution in [0.2, 0.25) is 0 Å². The predicted molar refractivity (Wildman–Crippen MR) is 135 cm³/mol. The molecule has 2 amide bonds. The molecule has 2 heterocycles. The molecule has 0 spiro atoms. The molecule has 3 rings (SSSR count). The van der Waals surface area contributed by atoms with Crippen LogP contribution in [0.3, 0.4) is 0 Å². The van der Waals surface area contributed by atoms with Crippen LogP contribution >= 0.6 is 0 Å². The molecule has 12 heteroatoms. The maximum atomic E-state index is 12.9. The van der Waals surface area contributed by atoms with Crippen molar-refractivity contribution >= 4 is 18.0 Å². The first-order valence-electron chi connectivity index (χ1n) is 12.3. The Kier molecular flexibility index (Phi) is 10.4. The summed E-state index contributed by atoms with van der Waals surface area (Å²) in [5.74, 6) is -0.506. The summed E-state index contributed by atoms with van der Waals surface area (Å²) in [4.78, 5) is 45.1. The number of esters is 1. The average molecular weight is 528 g/mol. The third kappa shape index (κ3) is 8.44. The maximum Gasteiger partial charge on any atom is 0.407 e. The SMILES string of the molecule is COC(=O)c1coc([C@H](CCCNC(=O)OCc2ccccc2)NC(=O)c2coc([C@@H](N)CC(C)C)n2)n1. The van der Waals surface area contributed by atoms with Gasteiger partial charge in [-0.05, 0) is 30.7 Å². The van der Waals surface area contributed by atoms with Crippen LogP contribution in [0.1, 0.15) is 83.5 Å². The molecule has 0 saturated carbocycles. The molecule has 0 aliphatic rings. The van der Waals surface area contributed by atoms with Crippen LogP contribution in [0.15, 0.2) is 51.7 Å².